The SMILES string of the molecule is COc1nc(C)cc(=O)n1Cc1ccc(Cl)s1. The van der Waals surface area contributed by atoms with Crippen molar-refractivity contribution in [1.29, 1.82) is 0 Å². The van der Waals surface area contributed by atoms with E-state index >= 15 is 0 Å². The van der Waals surface area contributed by atoms with Crippen molar-refractivity contribution in [2.24, 2.45) is 0 Å². The normalized spacial score (nSPS) is 10.5. The largest absolute Gasteiger partial charge is 0.468 e. The molecule has 0 N–H and O–H groups in total. The fraction of sp³-hybridized carbons (Fsp3) is 0.273. The number of hydrogen-bond donors (Lipinski definition) is 0. The van der Waals surface area contributed by atoms with Gasteiger partial charge in [-0.1, -0.05) is 11.6 Å². The number of hydrogen-bond acceptors (Lipinski definition) is 4. The quantitative estimate of drug-likeness (QED) is 0.860. The van der Waals surface area contributed by atoms with Gasteiger partial charge in [0.05, 0.1) is 18.0 Å². The van der Waals surface area contributed by atoms with Gasteiger partial charge in [0.2, 0.25) is 0 Å². The van der Waals surface area contributed by atoms with Gasteiger partial charge in [0.1, 0.15) is 0 Å². The summed E-state index contributed by atoms with van der Waals surface area (Å²) >= 11 is 7.29. The predicted octanol–water partition coefficient (Wildman–Crippen LogP) is 2.32. The Balaban J connectivity index is 2.41. The first kappa shape index (κ1) is 12.1. The van der Waals surface area contributed by atoms with Crippen molar-refractivity contribution in [3.05, 3.63) is 43.5 Å². The molecule has 2 rings (SSSR count). The summed E-state index contributed by atoms with van der Waals surface area (Å²) in [4.78, 5) is 17.0. The molecular formula is C11H11ClN2O2S. The van der Waals surface area contributed by atoms with E-state index in [0.29, 0.717) is 22.6 Å². The van der Waals surface area contributed by atoms with Crippen LogP contribution in [0.2, 0.25) is 4.34 Å². The van der Waals surface area contributed by atoms with Crippen LogP contribution in [0.15, 0.2) is 23.0 Å². The standard InChI is InChI=1S/C11H11ClN2O2S/c1-7-5-10(15)14(11(13-7)16-2)6-8-3-4-9(12)17-8/h3-5H,6H2,1-2H3. The summed E-state index contributed by atoms with van der Waals surface area (Å²) in [7, 11) is 1.50. The molecule has 4 nitrogen and oxygen atoms in total. The van der Waals surface area contributed by atoms with Crippen LogP contribution >= 0.6 is 22.9 Å². The van der Waals surface area contributed by atoms with Crippen LogP contribution in [-0.2, 0) is 6.54 Å². The number of nitrogens with zero attached hydrogens (tertiary/aromatic N) is 2. The zero-order valence-electron chi connectivity index (χ0n) is 9.44. The van der Waals surface area contributed by atoms with Crippen LogP contribution in [-0.4, -0.2) is 16.7 Å². The minimum Gasteiger partial charge on any atom is -0.468 e. The molecule has 90 valence electrons. The molecule has 0 aliphatic carbocycles. The van der Waals surface area contributed by atoms with Crippen LogP contribution in [0.4, 0.5) is 0 Å². The van der Waals surface area contributed by atoms with Crippen molar-refractivity contribution < 1.29 is 4.74 Å². The number of methoxy groups -OCH3 is 1. The molecule has 0 atom stereocenters. The number of aromatic nitrogens is 2. The highest BCUT2D eigenvalue weighted by atomic mass is 35.5. The molecule has 0 aromatic carbocycles. The number of thiophene rings is 1. The van der Waals surface area contributed by atoms with E-state index in [-0.39, 0.29) is 5.56 Å². The van der Waals surface area contributed by atoms with Crippen LogP contribution in [0.1, 0.15) is 10.6 Å². The van der Waals surface area contributed by atoms with E-state index < -0.39 is 0 Å². The summed E-state index contributed by atoms with van der Waals surface area (Å²) in [6, 6.07) is 5.50. The Morgan fingerprint density at radius 2 is 2.29 bits per heavy atom. The topological polar surface area (TPSA) is 44.1 Å². The summed E-state index contributed by atoms with van der Waals surface area (Å²) in [5.74, 6) is 0. The minimum atomic E-state index is -0.126. The number of ether oxygens (including phenoxy) is 1. The summed E-state index contributed by atoms with van der Waals surface area (Å²) < 4.78 is 7.29. The van der Waals surface area contributed by atoms with E-state index in [4.69, 9.17) is 16.3 Å². The van der Waals surface area contributed by atoms with Gasteiger partial charge in [0, 0.05) is 16.6 Å². The zero-order chi connectivity index (χ0) is 12.4. The molecule has 17 heavy (non-hydrogen) atoms. The van der Waals surface area contributed by atoms with Crippen molar-refractivity contribution in [1.82, 2.24) is 9.55 Å². The van der Waals surface area contributed by atoms with Crippen LogP contribution in [0.3, 0.4) is 0 Å². The maximum absolute atomic E-state index is 11.8. The van der Waals surface area contributed by atoms with Crippen LogP contribution in [0, 0.1) is 6.92 Å². The highest BCUT2D eigenvalue weighted by Crippen LogP contribution is 2.22. The highest BCUT2D eigenvalue weighted by molar-refractivity contribution is 7.16. The van der Waals surface area contributed by atoms with Gasteiger partial charge >= 0.3 is 0 Å². The first-order valence-corrected chi connectivity index (χ1v) is 6.16. The minimum absolute atomic E-state index is 0.126. The smallest absolute Gasteiger partial charge is 0.299 e. The number of halogens is 1. The van der Waals surface area contributed by atoms with Crippen molar-refractivity contribution in [2.45, 2.75) is 13.5 Å². The Kier molecular flexibility index (Phi) is 3.49. The Hall–Kier alpha value is -1.33. The molecule has 0 aliphatic rings. The van der Waals surface area contributed by atoms with E-state index in [0.717, 1.165) is 4.88 Å². The van der Waals surface area contributed by atoms with Crippen LogP contribution in [0.25, 0.3) is 0 Å². The summed E-state index contributed by atoms with van der Waals surface area (Å²) in [6.45, 7) is 2.18. The lowest BCUT2D eigenvalue weighted by Gasteiger charge is -2.09. The van der Waals surface area contributed by atoms with E-state index in [2.05, 4.69) is 4.98 Å². The Bertz CT molecular complexity index is 591. The molecule has 0 spiro atoms. The van der Waals surface area contributed by atoms with Gasteiger partial charge in [-0.3, -0.25) is 9.36 Å². The molecule has 2 aromatic heterocycles. The van der Waals surface area contributed by atoms with Gasteiger partial charge in [0.25, 0.3) is 11.6 Å². The lowest BCUT2D eigenvalue weighted by atomic mass is 10.4. The van der Waals surface area contributed by atoms with Crippen molar-refractivity contribution >= 4 is 22.9 Å². The number of aryl methyl sites for hydroxylation is 1. The van der Waals surface area contributed by atoms with Crippen molar-refractivity contribution in [2.75, 3.05) is 7.11 Å². The molecule has 2 heterocycles. The monoisotopic (exact) mass is 270 g/mol. The third kappa shape index (κ3) is 2.68. The summed E-state index contributed by atoms with van der Waals surface area (Å²) in [6.07, 6.45) is 0. The van der Waals surface area contributed by atoms with E-state index in [9.17, 15) is 4.79 Å². The van der Waals surface area contributed by atoms with Crippen LogP contribution < -0.4 is 10.3 Å². The molecule has 0 amide bonds. The fourth-order valence-electron chi connectivity index (χ4n) is 1.49. The summed E-state index contributed by atoms with van der Waals surface area (Å²) in [5, 5.41) is 0. The van der Waals surface area contributed by atoms with Gasteiger partial charge in [-0.2, -0.15) is 0 Å². The third-order valence-electron chi connectivity index (χ3n) is 2.23. The number of rotatable bonds is 3. The lowest BCUT2D eigenvalue weighted by molar-refractivity contribution is 0.350. The molecule has 0 radical (unpaired) electrons. The fourth-order valence-corrected chi connectivity index (χ4v) is 2.56. The molecule has 0 bridgehead atoms. The van der Waals surface area contributed by atoms with Gasteiger partial charge in [-0.25, -0.2) is 4.98 Å². The maximum Gasteiger partial charge on any atom is 0.299 e. The van der Waals surface area contributed by atoms with E-state index in [1.54, 1.807) is 13.0 Å². The van der Waals surface area contributed by atoms with Crippen molar-refractivity contribution in [3.8, 4) is 6.01 Å². The second kappa shape index (κ2) is 4.89. The van der Waals surface area contributed by atoms with Gasteiger partial charge in [0.15, 0.2) is 0 Å². The second-order valence-electron chi connectivity index (χ2n) is 3.51. The average Bonchev–Trinajstić information content (AvgIpc) is 2.67. The van der Waals surface area contributed by atoms with E-state index in [1.165, 1.54) is 29.1 Å². The predicted molar refractivity (Wildman–Crippen MR) is 68.2 cm³/mol. The van der Waals surface area contributed by atoms with Gasteiger partial charge in [-0.05, 0) is 19.1 Å². The van der Waals surface area contributed by atoms with Crippen molar-refractivity contribution in [3.63, 3.8) is 0 Å². The average molecular weight is 271 g/mol. The second-order valence-corrected chi connectivity index (χ2v) is 5.31. The molecule has 0 saturated carbocycles. The Labute approximate surface area is 107 Å². The summed E-state index contributed by atoms with van der Waals surface area (Å²) in [5.41, 5.74) is 0.520. The molecule has 6 heteroatoms. The molecule has 0 saturated heterocycles. The molecular weight excluding hydrogens is 260 g/mol. The molecule has 0 fully saturated rings. The van der Waals surface area contributed by atoms with Gasteiger partial charge < -0.3 is 4.74 Å². The lowest BCUT2D eigenvalue weighted by Crippen LogP contribution is -2.22. The van der Waals surface area contributed by atoms with E-state index in [1.807, 2.05) is 6.07 Å². The molecule has 2 aromatic rings. The highest BCUT2D eigenvalue weighted by Gasteiger charge is 2.09. The molecule has 0 aliphatic heterocycles. The first-order valence-electron chi connectivity index (χ1n) is 4.97. The third-order valence-corrected chi connectivity index (χ3v) is 3.44. The van der Waals surface area contributed by atoms with Crippen LogP contribution in [0.5, 0.6) is 6.01 Å². The zero-order valence-corrected chi connectivity index (χ0v) is 11.0. The van der Waals surface area contributed by atoms with Gasteiger partial charge in [-0.15, -0.1) is 11.3 Å². The Morgan fingerprint density at radius 1 is 1.53 bits per heavy atom. The molecule has 0 unspecified atom stereocenters. The Morgan fingerprint density at radius 3 is 2.88 bits per heavy atom. The first-order chi connectivity index (χ1) is 8.10. The maximum atomic E-state index is 11.8.